The van der Waals surface area contributed by atoms with Crippen molar-refractivity contribution in [3.63, 3.8) is 0 Å². The summed E-state index contributed by atoms with van der Waals surface area (Å²) in [5.41, 5.74) is 0.376. The summed E-state index contributed by atoms with van der Waals surface area (Å²) in [6, 6.07) is 4.51. The van der Waals surface area contributed by atoms with E-state index >= 15 is 0 Å². The molecule has 2 aliphatic rings. The van der Waals surface area contributed by atoms with E-state index in [1.807, 2.05) is 0 Å². The minimum Gasteiger partial charge on any atom is -0.481 e. The normalized spacial score (nSPS) is 23.8. The Labute approximate surface area is 133 Å². The van der Waals surface area contributed by atoms with Crippen LogP contribution in [0.15, 0.2) is 18.2 Å². The van der Waals surface area contributed by atoms with E-state index in [1.54, 1.807) is 19.1 Å². The number of hydrogen-bond donors (Lipinski definition) is 1. The minimum atomic E-state index is -0.892. The summed E-state index contributed by atoms with van der Waals surface area (Å²) in [6.45, 7) is 2.15. The molecule has 0 spiro atoms. The molecular weight excluding hydrogens is 300 g/mol. The van der Waals surface area contributed by atoms with E-state index in [9.17, 15) is 24.8 Å². The molecule has 1 saturated carbocycles. The first kappa shape index (κ1) is 15.5. The van der Waals surface area contributed by atoms with Gasteiger partial charge in [0.15, 0.2) is 0 Å². The molecule has 1 aliphatic carbocycles. The lowest BCUT2D eigenvalue weighted by molar-refractivity contribution is -0.385. The molecule has 2 atom stereocenters. The standard InChI is InChI=1S/C16H18N2O5/c1-9-3-2-4-13(18(22)23)14(9)15(19)17-7-11(10-5-6-10)12(8-17)16(20)21/h2-4,10-12H,5-8H2,1H3,(H,20,21)/t11-,12+/m1/s1. The molecular formula is C16H18N2O5. The van der Waals surface area contributed by atoms with Crippen molar-refractivity contribution in [3.05, 3.63) is 39.4 Å². The minimum absolute atomic E-state index is 0.0421. The number of nitro benzene ring substituents is 1. The summed E-state index contributed by atoms with van der Waals surface area (Å²) in [5.74, 6) is -1.59. The van der Waals surface area contributed by atoms with Crippen LogP contribution in [0.5, 0.6) is 0 Å². The van der Waals surface area contributed by atoms with Crippen LogP contribution in [0.2, 0.25) is 0 Å². The average molecular weight is 318 g/mol. The van der Waals surface area contributed by atoms with Gasteiger partial charge >= 0.3 is 5.97 Å². The molecule has 1 amide bonds. The van der Waals surface area contributed by atoms with E-state index in [1.165, 1.54) is 11.0 Å². The highest BCUT2D eigenvalue weighted by Crippen LogP contribution is 2.44. The molecule has 2 fully saturated rings. The predicted molar refractivity (Wildman–Crippen MR) is 81.1 cm³/mol. The van der Waals surface area contributed by atoms with Crippen molar-refractivity contribution in [2.75, 3.05) is 13.1 Å². The van der Waals surface area contributed by atoms with Gasteiger partial charge in [-0.1, -0.05) is 12.1 Å². The topological polar surface area (TPSA) is 101 Å². The fourth-order valence-electron chi connectivity index (χ4n) is 3.50. The lowest BCUT2D eigenvalue weighted by atomic mass is 9.92. The molecule has 0 unspecified atom stereocenters. The third-order valence-corrected chi connectivity index (χ3v) is 4.86. The molecule has 0 bridgehead atoms. The van der Waals surface area contributed by atoms with Crippen LogP contribution in [0.4, 0.5) is 5.69 Å². The number of aryl methyl sites for hydroxylation is 1. The van der Waals surface area contributed by atoms with Crippen LogP contribution >= 0.6 is 0 Å². The van der Waals surface area contributed by atoms with Gasteiger partial charge in [0.25, 0.3) is 11.6 Å². The van der Waals surface area contributed by atoms with Gasteiger partial charge in [-0.3, -0.25) is 19.7 Å². The Morgan fingerprint density at radius 2 is 2.00 bits per heavy atom. The van der Waals surface area contributed by atoms with Crippen molar-refractivity contribution in [2.24, 2.45) is 17.8 Å². The summed E-state index contributed by atoms with van der Waals surface area (Å²) >= 11 is 0. The number of rotatable bonds is 4. The van der Waals surface area contributed by atoms with Crippen molar-refractivity contribution in [3.8, 4) is 0 Å². The van der Waals surface area contributed by atoms with Gasteiger partial charge in [-0.05, 0) is 37.2 Å². The van der Waals surface area contributed by atoms with E-state index in [0.717, 1.165) is 12.8 Å². The summed E-state index contributed by atoms with van der Waals surface area (Å²) in [6.07, 6.45) is 2.00. The summed E-state index contributed by atoms with van der Waals surface area (Å²) < 4.78 is 0. The van der Waals surface area contributed by atoms with Gasteiger partial charge in [-0.2, -0.15) is 0 Å². The summed E-state index contributed by atoms with van der Waals surface area (Å²) in [5, 5.41) is 20.6. The maximum absolute atomic E-state index is 12.8. The summed E-state index contributed by atoms with van der Waals surface area (Å²) in [4.78, 5) is 36.3. The van der Waals surface area contributed by atoms with Gasteiger partial charge in [0.05, 0.1) is 10.8 Å². The van der Waals surface area contributed by atoms with Crippen LogP contribution in [0, 0.1) is 34.8 Å². The largest absolute Gasteiger partial charge is 0.481 e. The number of likely N-dealkylation sites (tertiary alicyclic amines) is 1. The van der Waals surface area contributed by atoms with Crippen molar-refractivity contribution in [1.29, 1.82) is 0 Å². The number of carboxylic acids is 1. The molecule has 1 aromatic rings. The number of benzene rings is 1. The third-order valence-electron chi connectivity index (χ3n) is 4.86. The monoisotopic (exact) mass is 318 g/mol. The van der Waals surface area contributed by atoms with E-state index in [-0.39, 0.29) is 23.7 Å². The molecule has 1 saturated heterocycles. The number of amides is 1. The van der Waals surface area contributed by atoms with Gasteiger partial charge < -0.3 is 10.0 Å². The van der Waals surface area contributed by atoms with Gasteiger partial charge in [0.2, 0.25) is 0 Å². The number of carboxylic acid groups (broad SMARTS) is 1. The number of nitro groups is 1. The second-order valence-electron chi connectivity index (χ2n) is 6.38. The highest BCUT2D eigenvalue weighted by atomic mass is 16.6. The lowest BCUT2D eigenvalue weighted by Crippen LogP contribution is -2.31. The molecule has 7 nitrogen and oxygen atoms in total. The van der Waals surface area contributed by atoms with E-state index in [2.05, 4.69) is 0 Å². The van der Waals surface area contributed by atoms with E-state index < -0.39 is 22.7 Å². The molecule has 122 valence electrons. The van der Waals surface area contributed by atoms with Crippen molar-refractivity contribution >= 4 is 17.6 Å². The first-order chi connectivity index (χ1) is 10.9. The number of carbonyl (C=O) groups excluding carboxylic acids is 1. The Kier molecular flexibility index (Phi) is 3.79. The zero-order valence-electron chi connectivity index (χ0n) is 12.8. The van der Waals surface area contributed by atoms with Crippen LogP contribution in [-0.2, 0) is 4.79 Å². The Morgan fingerprint density at radius 1 is 1.30 bits per heavy atom. The second-order valence-corrected chi connectivity index (χ2v) is 6.38. The molecule has 1 heterocycles. The highest BCUT2D eigenvalue weighted by Gasteiger charge is 2.47. The first-order valence-electron chi connectivity index (χ1n) is 7.66. The molecule has 0 radical (unpaired) electrons. The fraction of sp³-hybridized carbons (Fsp3) is 0.500. The van der Waals surface area contributed by atoms with Crippen LogP contribution in [0.25, 0.3) is 0 Å². The van der Waals surface area contributed by atoms with E-state index in [0.29, 0.717) is 18.0 Å². The van der Waals surface area contributed by atoms with Crippen LogP contribution in [0.3, 0.4) is 0 Å². The molecule has 1 aliphatic heterocycles. The smallest absolute Gasteiger partial charge is 0.308 e. The Bertz CT molecular complexity index is 683. The SMILES string of the molecule is Cc1cccc([N+](=O)[O-])c1C(=O)N1C[C@H](C(=O)O)[C@@H](C2CC2)C1. The maximum Gasteiger partial charge on any atom is 0.308 e. The molecule has 1 aromatic carbocycles. The Morgan fingerprint density at radius 3 is 2.57 bits per heavy atom. The van der Waals surface area contributed by atoms with Gasteiger partial charge in [-0.25, -0.2) is 0 Å². The Balaban J connectivity index is 1.90. The summed E-state index contributed by atoms with van der Waals surface area (Å²) in [7, 11) is 0. The number of aliphatic carboxylic acids is 1. The predicted octanol–water partition coefficient (Wildman–Crippen LogP) is 2.09. The molecule has 3 rings (SSSR count). The van der Waals surface area contributed by atoms with Gasteiger partial charge in [-0.15, -0.1) is 0 Å². The molecule has 23 heavy (non-hydrogen) atoms. The quantitative estimate of drug-likeness (QED) is 0.676. The van der Waals surface area contributed by atoms with Crippen molar-refractivity contribution < 1.29 is 19.6 Å². The lowest BCUT2D eigenvalue weighted by Gasteiger charge is -2.17. The second kappa shape index (κ2) is 5.64. The van der Waals surface area contributed by atoms with Crippen LogP contribution in [-0.4, -0.2) is 39.9 Å². The zero-order chi connectivity index (χ0) is 16.7. The molecule has 1 N–H and O–H groups in total. The average Bonchev–Trinajstić information content (AvgIpc) is 3.24. The van der Waals surface area contributed by atoms with Crippen molar-refractivity contribution in [1.82, 2.24) is 4.90 Å². The molecule has 0 aromatic heterocycles. The maximum atomic E-state index is 12.8. The van der Waals surface area contributed by atoms with Gasteiger partial charge in [0.1, 0.15) is 5.56 Å². The highest BCUT2D eigenvalue weighted by molar-refractivity contribution is 6.00. The number of nitrogens with zero attached hydrogens (tertiary/aromatic N) is 2. The number of hydrogen-bond acceptors (Lipinski definition) is 4. The van der Waals surface area contributed by atoms with Crippen LogP contribution < -0.4 is 0 Å². The Hall–Kier alpha value is -2.44. The van der Waals surface area contributed by atoms with E-state index in [4.69, 9.17) is 0 Å². The first-order valence-corrected chi connectivity index (χ1v) is 7.66. The van der Waals surface area contributed by atoms with Gasteiger partial charge in [0, 0.05) is 19.2 Å². The fourth-order valence-corrected chi connectivity index (χ4v) is 3.50. The zero-order valence-corrected chi connectivity index (χ0v) is 12.8. The van der Waals surface area contributed by atoms with Crippen molar-refractivity contribution in [2.45, 2.75) is 19.8 Å². The number of carbonyl (C=O) groups is 2. The van der Waals surface area contributed by atoms with Crippen LogP contribution in [0.1, 0.15) is 28.8 Å². The molecule has 7 heteroatoms. The third kappa shape index (κ3) is 2.78.